The van der Waals surface area contributed by atoms with Gasteiger partial charge in [-0.3, -0.25) is 0 Å². The van der Waals surface area contributed by atoms with Crippen molar-refractivity contribution in [2.24, 2.45) is 0 Å². The Balaban J connectivity index is 2.69. The monoisotopic (exact) mass is 169 g/mol. The summed E-state index contributed by atoms with van der Waals surface area (Å²) in [5, 5.41) is 0. The zero-order valence-electron chi connectivity index (χ0n) is 6.82. The largest absolute Gasteiger partial charge is 0.204 e. The Morgan fingerprint density at radius 3 is 2.50 bits per heavy atom. The number of hydrogen-bond donors (Lipinski definition) is 0. The number of unbranched alkanes of at least 4 members (excludes halogenated alkanes) is 1. The van der Waals surface area contributed by atoms with Crippen LogP contribution in [0.3, 0.4) is 0 Å². The van der Waals surface area contributed by atoms with E-state index in [9.17, 15) is 8.78 Å². The van der Waals surface area contributed by atoms with Crippen LogP contribution in [0.1, 0.15) is 18.4 Å². The van der Waals surface area contributed by atoms with Gasteiger partial charge in [0.25, 0.3) is 0 Å². The molecule has 1 aromatic carbocycles. The highest BCUT2D eigenvalue weighted by molar-refractivity contribution is 5.17. The molecule has 0 saturated carbocycles. The van der Waals surface area contributed by atoms with Gasteiger partial charge in [0.05, 0.1) is 0 Å². The van der Waals surface area contributed by atoms with Crippen LogP contribution >= 0.6 is 0 Å². The highest BCUT2D eigenvalue weighted by Crippen LogP contribution is 2.10. The van der Waals surface area contributed by atoms with E-state index in [1.807, 2.05) is 0 Å². The summed E-state index contributed by atoms with van der Waals surface area (Å²) in [6.45, 7) is 3.67. The lowest BCUT2D eigenvalue weighted by Crippen LogP contribution is -1.89. The second-order valence-corrected chi connectivity index (χ2v) is 2.71. The van der Waals surface area contributed by atoms with Gasteiger partial charge in [0, 0.05) is 0 Å². The van der Waals surface area contributed by atoms with E-state index in [2.05, 4.69) is 6.92 Å². The van der Waals surface area contributed by atoms with Gasteiger partial charge in [0.15, 0.2) is 11.6 Å². The minimum absolute atomic E-state index is 0.765. The fraction of sp³-hybridized carbons (Fsp3) is 0.300. The van der Waals surface area contributed by atoms with Crippen molar-refractivity contribution < 1.29 is 8.78 Å². The average molecular weight is 169 g/mol. The topological polar surface area (TPSA) is 0 Å². The van der Waals surface area contributed by atoms with Gasteiger partial charge in [0.1, 0.15) is 0 Å². The molecule has 0 bridgehead atoms. The molecule has 0 atom stereocenters. The standard InChI is InChI=1S/C10H11F2/c1-2-3-4-8-5-6-9(11)10(12)7-8/h5-7H,1-4H2. The smallest absolute Gasteiger partial charge is 0.159 e. The average Bonchev–Trinajstić information content (AvgIpc) is 2.07. The summed E-state index contributed by atoms with van der Waals surface area (Å²) in [6, 6.07) is 4.01. The van der Waals surface area contributed by atoms with Crippen molar-refractivity contribution >= 4 is 0 Å². The van der Waals surface area contributed by atoms with Crippen LogP contribution in [0.15, 0.2) is 18.2 Å². The number of rotatable bonds is 3. The molecule has 0 aromatic heterocycles. The SMILES string of the molecule is [CH2]CCCc1ccc(F)c(F)c1. The van der Waals surface area contributed by atoms with E-state index in [0.717, 1.165) is 30.9 Å². The second kappa shape index (κ2) is 4.19. The maximum absolute atomic E-state index is 12.6. The van der Waals surface area contributed by atoms with Crippen LogP contribution in [0.25, 0.3) is 0 Å². The van der Waals surface area contributed by atoms with Crippen LogP contribution < -0.4 is 0 Å². The maximum atomic E-state index is 12.6. The lowest BCUT2D eigenvalue weighted by Gasteiger charge is -1.99. The molecule has 0 heterocycles. The highest BCUT2D eigenvalue weighted by atomic mass is 19.2. The Labute approximate surface area is 71.2 Å². The van der Waals surface area contributed by atoms with E-state index in [1.165, 1.54) is 6.07 Å². The third kappa shape index (κ3) is 2.29. The van der Waals surface area contributed by atoms with Crippen molar-refractivity contribution in [2.45, 2.75) is 19.3 Å². The first-order chi connectivity index (χ1) is 5.74. The van der Waals surface area contributed by atoms with Crippen molar-refractivity contribution in [1.82, 2.24) is 0 Å². The number of aryl methyl sites for hydroxylation is 1. The second-order valence-electron chi connectivity index (χ2n) is 2.71. The zero-order chi connectivity index (χ0) is 8.97. The third-order valence-electron chi connectivity index (χ3n) is 1.70. The van der Waals surface area contributed by atoms with E-state index in [4.69, 9.17) is 0 Å². The Kier molecular flexibility index (Phi) is 3.20. The van der Waals surface area contributed by atoms with E-state index >= 15 is 0 Å². The van der Waals surface area contributed by atoms with Gasteiger partial charge in [0.2, 0.25) is 0 Å². The van der Waals surface area contributed by atoms with E-state index in [0.29, 0.717) is 0 Å². The van der Waals surface area contributed by atoms with Crippen LogP contribution in [0.2, 0.25) is 0 Å². The fourth-order valence-electron chi connectivity index (χ4n) is 1.02. The molecule has 0 N–H and O–H groups in total. The van der Waals surface area contributed by atoms with Crippen molar-refractivity contribution in [3.05, 3.63) is 42.3 Å². The predicted molar refractivity (Wildman–Crippen MR) is 44.7 cm³/mol. The lowest BCUT2D eigenvalue weighted by molar-refractivity contribution is 0.507. The Morgan fingerprint density at radius 1 is 1.17 bits per heavy atom. The Hall–Kier alpha value is -0.920. The minimum Gasteiger partial charge on any atom is -0.204 e. The van der Waals surface area contributed by atoms with Crippen LogP contribution in [0.5, 0.6) is 0 Å². The van der Waals surface area contributed by atoms with Gasteiger partial charge in [-0.25, -0.2) is 8.78 Å². The molecule has 1 aromatic rings. The summed E-state index contributed by atoms with van der Waals surface area (Å²) in [7, 11) is 0. The molecule has 2 heteroatoms. The molecule has 0 nitrogen and oxygen atoms in total. The molecule has 0 aliphatic heterocycles. The van der Waals surface area contributed by atoms with Gasteiger partial charge in [-0.1, -0.05) is 19.4 Å². The van der Waals surface area contributed by atoms with E-state index in [-0.39, 0.29) is 0 Å². The molecular formula is C10H11F2. The van der Waals surface area contributed by atoms with Crippen molar-refractivity contribution in [1.29, 1.82) is 0 Å². The van der Waals surface area contributed by atoms with Crippen molar-refractivity contribution in [2.75, 3.05) is 0 Å². The molecule has 0 aliphatic rings. The Morgan fingerprint density at radius 2 is 1.92 bits per heavy atom. The first kappa shape index (κ1) is 9.17. The summed E-state index contributed by atoms with van der Waals surface area (Å²) < 4.78 is 25.0. The minimum atomic E-state index is -0.784. The van der Waals surface area contributed by atoms with Crippen molar-refractivity contribution in [3.8, 4) is 0 Å². The first-order valence-corrected chi connectivity index (χ1v) is 3.97. The maximum Gasteiger partial charge on any atom is 0.159 e. The quantitative estimate of drug-likeness (QED) is 0.652. The lowest BCUT2D eigenvalue weighted by atomic mass is 10.1. The number of halogens is 2. The van der Waals surface area contributed by atoms with Gasteiger partial charge >= 0.3 is 0 Å². The fourth-order valence-corrected chi connectivity index (χ4v) is 1.02. The normalized spacial score (nSPS) is 10.2. The summed E-state index contributed by atoms with van der Waals surface area (Å²) in [4.78, 5) is 0. The highest BCUT2D eigenvalue weighted by Gasteiger charge is 2.01. The van der Waals surface area contributed by atoms with Crippen molar-refractivity contribution in [3.63, 3.8) is 0 Å². The summed E-state index contributed by atoms with van der Waals surface area (Å²) >= 11 is 0. The molecule has 12 heavy (non-hydrogen) atoms. The third-order valence-corrected chi connectivity index (χ3v) is 1.70. The molecule has 0 aliphatic carbocycles. The molecular weight excluding hydrogens is 158 g/mol. The van der Waals surface area contributed by atoms with E-state index in [1.54, 1.807) is 6.07 Å². The summed E-state index contributed by atoms with van der Waals surface area (Å²) in [5.41, 5.74) is 0.831. The molecule has 0 unspecified atom stereocenters. The van der Waals surface area contributed by atoms with E-state index < -0.39 is 11.6 Å². The molecule has 0 saturated heterocycles. The number of benzene rings is 1. The molecule has 1 radical (unpaired) electrons. The van der Waals surface area contributed by atoms with Gasteiger partial charge in [-0.15, -0.1) is 0 Å². The molecule has 0 fully saturated rings. The first-order valence-electron chi connectivity index (χ1n) is 3.97. The zero-order valence-corrected chi connectivity index (χ0v) is 6.82. The van der Waals surface area contributed by atoms with Crippen LogP contribution in [-0.4, -0.2) is 0 Å². The summed E-state index contributed by atoms with van der Waals surface area (Å²) in [5.74, 6) is -1.55. The molecule has 1 rings (SSSR count). The van der Waals surface area contributed by atoms with Crippen LogP contribution in [0.4, 0.5) is 8.78 Å². The molecule has 0 amide bonds. The van der Waals surface area contributed by atoms with Crippen LogP contribution in [0, 0.1) is 18.6 Å². The molecule has 65 valence electrons. The van der Waals surface area contributed by atoms with Gasteiger partial charge < -0.3 is 0 Å². The van der Waals surface area contributed by atoms with Crippen LogP contribution in [-0.2, 0) is 6.42 Å². The van der Waals surface area contributed by atoms with Gasteiger partial charge in [-0.05, 0) is 30.5 Å². The summed E-state index contributed by atoms with van der Waals surface area (Å²) in [6.07, 6.45) is 2.49. The molecule has 0 spiro atoms. The predicted octanol–water partition coefficient (Wildman–Crippen LogP) is 3.12. The Bertz CT molecular complexity index is 256. The van der Waals surface area contributed by atoms with Gasteiger partial charge in [-0.2, -0.15) is 0 Å². The number of hydrogen-bond acceptors (Lipinski definition) is 0.